The van der Waals surface area contributed by atoms with Crippen LogP contribution in [0.4, 0.5) is 0 Å². The Balaban J connectivity index is 0.00000110. The van der Waals surface area contributed by atoms with Crippen LogP contribution in [-0.4, -0.2) is 105 Å². The van der Waals surface area contributed by atoms with Crippen LogP contribution in [-0.2, 0) is 28.2 Å². The Bertz CT molecular complexity index is 593. The molecule has 14 heteroatoms. The summed E-state index contributed by atoms with van der Waals surface area (Å²) in [5.41, 5.74) is 0. The van der Waals surface area contributed by atoms with E-state index in [1.54, 1.807) is 0 Å². The van der Waals surface area contributed by atoms with Gasteiger partial charge >= 0.3 is 13.8 Å². The van der Waals surface area contributed by atoms with Crippen molar-refractivity contribution in [3.8, 4) is 0 Å². The molecular weight excluding hydrogens is 439 g/mol. The number of carboxylic acid groups (broad SMARTS) is 1. The SMILES string of the molecule is CC(=O)N[C@H]1[C@@H](OP(=O)(O)O)O[C@H](CO)[C@@H](O)[C@@H]1O[C@H](C)C(=O)O.CCN(CC)CC. The third-order valence-corrected chi connectivity index (χ3v) is 5.00. The fourth-order valence-corrected chi connectivity index (χ4v) is 3.26. The molecule has 0 radical (unpaired) electrons. The maximum absolute atomic E-state index is 11.3. The van der Waals surface area contributed by atoms with Crippen LogP contribution in [0, 0.1) is 0 Å². The van der Waals surface area contributed by atoms with Gasteiger partial charge in [0.2, 0.25) is 5.91 Å². The number of carbonyl (C=O) groups is 2. The molecule has 13 nitrogen and oxygen atoms in total. The molecule has 0 aromatic carbocycles. The minimum atomic E-state index is -5.06. The molecule has 0 saturated carbocycles. The van der Waals surface area contributed by atoms with Crippen molar-refractivity contribution in [2.45, 2.75) is 71.4 Å². The number of phosphoric acid groups is 1. The number of amides is 1. The van der Waals surface area contributed by atoms with Crippen LogP contribution < -0.4 is 5.32 Å². The molecule has 6 atom stereocenters. The second-order valence-electron chi connectivity index (χ2n) is 6.74. The predicted molar refractivity (Wildman–Crippen MR) is 108 cm³/mol. The van der Waals surface area contributed by atoms with Crippen molar-refractivity contribution >= 4 is 19.7 Å². The van der Waals surface area contributed by atoms with Crippen molar-refractivity contribution in [3.05, 3.63) is 0 Å². The second kappa shape index (κ2) is 14.1. The fraction of sp³-hybridized carbons (Fsp3) is 0.882. The Morgan fingerprint density at radius 3 is 2.03 bits per heavy atom. The van der Waals surface area contributed by atoms with Gasteiger partial charge in [0.15, 0.2) is 12.4 Å². The highest BCUT2D eigenvalue weighted by Gasteiger charge is 2.49. The number of rotatable bonds is 10. The molecule has 1 rings (SSSR count). The summed E-state index contributed by atoms with van der Waals surface area (Å²) in [6.45, 7) is 11.6. The lowest BCUT2D eigenvalue weighted by Crippen LogP contribution is -2.65. The monoisotopic (exact) mass is 474 g/mol. The number of nitrogens with zero attached hydrogens (tertiary/aromatic N) is 1. The lowest BCUT2D eigenvalue weighted by atomic mass is 9.96. The molecule has 1 saturated heterocycles. The molecule has 31 heavy (non-hydrogen) atoms. The van der Waals surface area contributed by atoms with Crippen molar-refractivity contribution in [2.24, 2.45) is 0 Å². The first kappa shape index (κ1) is 29.9. The summed E-state index contributed by atoms with van der Waals surface area (Å²) in [6, 6.07) is -1.44. The van der Waals surface area contributed by atoms with Gasteiger partial charge in [0, 0.05) is 6.92 Å². The third kappa shape index (κ3) is 10.8. The molecule has 1 heterocycles. The molecule has 1 aliphatic rings. The van der Waals surface area contributed by atoms with Gasteiger partial charge in [0.05, 0.1) is 6.61 Å². The van der Waals surface area contributed by atoms with Gasteiger partial charge in [-0.25, -0.2) is 9.36 Å². The zero-order valence-corrected chi connectivity index (χ0v) is 19.3. The quantitative estimate of drug-likeness (QED) is 0.209. The van der Waals surface area contributed by atoms with Crippen LogP contribution in [0.3, 0.4) is 0 Å². The van der Waals surface area contributed by atoms with Crippen LogP contribution in [0.1, 0.15) is 34.6 Å². The molecular formula is C17H35N2O11P. The van der Waals surface area contributed by atoms with E-state index in [2.05, 4.69) is 35.5 Å². The Kier molecular flexibility index (Phi) is 13.6. The summed E-state index contributed by atoms with van der Waals surface area (Å²) in [5.74, 6) is -2.04. The van der Waals surface area contributed by atoms with Crippen molar-refractivity contribution in [2.75, 3.05) is 26.2 Å². The van der Waals surface area contributed by atoms with E-state index >= 15 is 0 Å². The number of ether oxygens (including phenoxy) is 2. The summed E-state index contributed by atoms with van der Waals surface area (Å²) < 4.78 is 25.7. The van der Waals surface area contributed by atoms with Gasteiger partial charge in [0.1, 0.15) is 24.4 Å². The molecule has 1 amide bonds. The zero-order valence-electron chi connectivity index (χ0n) is 18.4. The van der Waals surface area contributed by atoms with Crippen LogP contribution >= 0.6 is 7.82 Å². The van der Waals surface area contributed by atoms with E-state index in [4.69, 9.17) is 24.4 Å². The van der Waals surface area contributed by atoms with Crippen LogP contribution in [0.2, 0.25) is 0 Å². The molecule has 184 valence electrons. The van der Waals surface area contributed by atoms with Gasteiger partial charge in [-0.05, 0) is 26.6 Å². The number of aliphatic hydroxyl groups excluding tert-OH is 2. The van der Waals surface area contributed by atoms with Crippen molar-refractivity contribution in [1.82, 2.24) is 10.2 Å². The van der Waals surface area contributed by atoms with E-state index in [1.165, 1.54) is 19.6 Å². The van der Waals surface area contributed by atoms with E-state index < -0.39 is 63.1 Å². The van der Waals surface area contributed by atoms with Crippen molar-refractivity contribution in [3.63, 3.8) is 0 Å². The molecule has 0 aromatic heterocycles. The van der Waals surface area contributed by atoms with Crippen LogP contribution in [0.25, 0.3) is 0 Å². The Hall–Kier alpha value is -1.15. The summed E-state index contributed by atoms with van der Waals surface area (Å²) in [4.78, 5) is 42.5. The van der Waals surface area contributed by atoms with Crippen LogP contribution in [0.15, 0.2) is 0 Å². The van der Waals surface area contributed by atoms with E-state index in [0.717, 1.165) is 13.8 Å². The van der Waals surface area contributed by atoms with Crippen molar-refractivity contribution in [1.29, 1.82) is 0 Å². The molecule has 6 N–H and O–H groups in total. The maximum atomic E-state index is 11.3. The number of carboxylic acids is 1. The maximum Gasteiger partial charge on any atom is 0.472 e. The second-order valence-corrected chi connectivity index (χ2v) is 7.93. The van der Waals surface area contributed by atoms with E-state index in [-0.39, 0.29) is 0 Å². The van der Waals surface area contributed by atoms with Gasteiger partial charge in [-0.1, -0.05) is 20.8 Å². The first-order valence-electron chi connectivity index (χ1n) is 9.87. The summed E-state index contributed by atoms with van der Waals surface area (Å²) in [6.07, 6.45) is -7.65. The first-order valence-corrected chi connectivity index (χ1v) is 11.4. The lowest BCUT2D eigenvalue weighted by molar-refractivity contribution is -0.262. The summed E-state index contributed by atoms with van der Waals surface area (Å²) in [7, 11) is -5.06. The molecule has 0 aromatic rings. The average molecular weight is 474 g/mol. The number of hydrogen-bond donors (Lipinski definition) is 6. The molecule has 0 aliphatic carbocycles. The van der Waals surface area contributed by atoms with Gasteiger partial charge in [0.25, 0.3) is 0 Å². The highest BCUT2D eigenvalue weighted by molar-refractivity contribution is 7.46. The lowest BCUT2D eigenvalue weighted by Gasteiger charge is -2.44. The Morgan fingerprint density at radius 1 is 1.19 bits per heavy atom. The fourth-order valence-electron chi connectivity index (χ4n) is 2.81. The molecule has 1 aliphatic heterocycles. The normalized spacial score (nSPS) is 27.2. The standard InChI is InChI=1S/C11H20NO11P.C6H15N/c1-4(10(16)17)21-9-7(12-5(2)14)11(23-24(18,19)20)22-6(3-13)8(9)15;1-4-7(5-2)6-3/h4,6-9,11,13,15H,3H2,1-2H3,(H,12,14)(H,16,17)(H2,18,19,20);4-6H2,1-3H3/t4-,6-,7-,8-,9-,11-;/m1./s1. The average Bonchev–Trinajstić information content (AvgIpc) is 2.67. The Labute approximate surface area is 181 Å². The van der Waals surface area contributed by atoms with E-state index in [0.29, 0.717) is 0 Å². The third-order valence-electron chi connectivity index (χ3n) is 4.52. The highest BCUT2D eigenvalue weighted by atomic mass is 31.2. The predicted octanol–water partition coefficient (Wildman–Crippen LogP) is -1.12. The molecule has 0 bridgehead atoms. The number of nitrogens with one attached hydrogen (secondary N) is 1. The van der Waals surface area contributed by atoms with Crippen LogP contribution in [0.5, 0.6) is 0 Å². The first-order chi connectivity index (χ1) is 14.3. The minimum absolute atomic E-state index is 0.672. The van der Waals surface area contributed by atoms with Gasteiger partial charge in [-0.2, -0.15) is 0 Å². The number of aliphatic carboxylic acids is 1. The van der Waals surface area contributed by atoms with Gasteiger partial charge in [-0.3, -0.25) is 9.32 Å². The number of phosphoric ester groups is 1. The summed E-state index contributed by atoms with van der Waals surface area (Å²) in [5, 5.41) is 30.5. The molecule has 0 unspecified atom stereocenters. The smallest absolute Gasteiger partial charge is 0.472 e. The number of carbonyl (C=O) groups excluding carboxylic acids is 1. The summed E-state index contributed by atoms with van der Waals surface area (Å²) >= 11 is 0. The Morgan fingerprint density at radius 2 is 1.71 bits per heavy atom. The molecule has 0 spiro atoms. The highest BCUT2D eigenvalue weighted by Crippen LogP contribution is 2.41. The van der Waals surface area contributed by atoms with Gasteiger partial charge in [-0.15, -0.1) is 0 Å². The van der Waals surface area contributed by atoms with Gasteiger partial charge < -0.3 is 44.8 Å². The minimum Gasteiger partial charge on any atom is -0.479 e. The number of hydrogen-bond acceptors (Lipinski definition) is 9. The van der Waals surface area contributed by atoms with E-state index in [9.17, 15) is 24.4 Å². The zero-order chi connectivity index (χ0) is 24.4. The number of aliphatic hydroxyl groups is 2. The largest absolute Gasteiger partial charge is 0.479 e. The van der Waals surface area contributed by atoms with Crippen molar-refractivity contribution < 1.29 is 53.3 Å². The topological polar surface area (TPSA) is 195 Å². The van der Waals surface area contributed by atoms with E-state index in [1.807, 2.05) is 0 Å². The molecule has 1 fully saturated rings.